The van der Waals surface area contributed by atoms with Crippen LogP contribution in [0, 0.1) is 10.1 Å². The van der Waals surface area contributed by atoms with E-state index in [1.165, 1.54) is 29.6 Å². The maximum absolute atomic E-state index is 10.6. The molecule has 0 amide bonds. The molecule has 0 saturated heterocycles. The predicted octanol–water partition coefficient (Wildman–Crippen LogP) is 2.74. The van der Waals surface area contributed by atoms with Crippen LogP contribution in [0.4, 0.5) is 5.69 Å². The second-order valence-corrected chi connectivity index (χ2v) is 4.15. The fraction of sp³-hybridized carbons (Fsp3) is 0.250. The molecule has 1 rings (SSSR count). The molecule has 4 nitrogen and oxygen atoms in total. The highest BCUT2D eigenvalue weighted by atomic mass is 32.2. The fourth-order valence-electron chi connectivity index (χ4n) is 1.01. The first-order valence-electron chi connectivity index (χ1n) is 3.69. The van der Waals surface area contributed by atoms with Gasteiger partial charge in [0.25, 0.3) is 5.69 Å². The molecule has 0 unspecified atom stereocenters. The lowest BCUT2D eigenvalue weighted by Crippen LogP contribution is -1.91. The summed E-state index contributed by atoms with van der Waals surface area (Å²) in [5.74, 6) is -0.0398. The van der Waals surface area contributed by atoms with Crippen molar-refractivity contribution in [2.45, 2.75) is 9.79 Å². The Labute approximate surface area is 89.9 Å². The zero-order valence-electron chi connectivity index (χ0n) is 7.68. The Kier molecular flexibility index (Phi) is 3.65. The van der Waals surface area contributed by atoms with Crippen molar-refractivity contribution in [2.75, 3.05) is 12.5 Å². The standard InChI is InChI=1S/C8H9NO3S2/c1-13-7-4-8(14-2)6(10)3-5(7)9(11)12/h3-4,10H,1-2H3. The van der Waals surface area contributed by atoms with Gasteiger partial charge < -0.3 is 5.11 Å². The zero-order chi connectivity index (χ0) is 10.7. The fourth-order valence-corrected chi connectivity index (χ4v) is 2.17. The van der Waals surface area contributed by atoms with Gasteiger partial charge in [0.2, 0.25) is 0 Å². The number of thioether (sulfide) groups is 2. The number of phenols is 1. The van der Waals surface area contributed by atoms with Gasteiger partial charge in [-0.1, -0.05) is 0 Å². The van der Waals surface area contributed by atoms with Crippen molar-refractivity contribution in [1.82, 2.24) is 0 Å². The zero-order valence-corrected chi connectivity index (χ0v) is 9.32. The SMILES string of the molecule is CSc1cc(SC)c([N+](=O)[O-])cc1O. The molecule has 0 bridgehead atoms. The third-order valence-corrected chi connectivity index (χ3v) is 3.21. The lowest BCUT2D eigenvalue weighted by atomic mass is 10.3. The monoisotopic (exact) mass is 231 g/mol. The van der Waals surface area contributed by atoms with E-state index in [2.05, 4.69) is 0 Å². The Morgan fingerprint density at radius 1 is 1.29 bits per heavy atom. The highest BCUT2D eigenvalue weighted by Gasteiger charge is 2.16. The molecule has 0 fully saturated rings. The smallest absolute Gasteiger partial charge is 0.286 e. The summed E-state index contributed by atoms with van der Waals surface area (Å²) < 4.78 is 0. The van der Waals surface area contributed by atoms with E-state index in [0.29, 0.717) is 9.79 Å². The van der Waals surface area contributed by atoms with Crippen LogP contribution in [0.25, 0.3) is 0 Å². The maximum Gasteiger partial charge on any atom is 0.286 e. The van der Waals surface area contributed by atoms with Gasteiger partial charge >= 0.3 is 0 Å². The number of hydrogen-bond acceptors (Lipinski definition) is 5. The van der Waals surface area contributed by atoms with Gasteiger partial charge in [-0.3, -0.25) is 10.1 Å². The van der Waals surface area contributed by atoms with Crippen LogP contribution in [-0.4, -0.2) is 22.5 Å². The molecule has 1 N–H and O–H groups in total. The molecular formula is C8H9NO3S2. The molecule has 0 aliphatic heterocycles. The molecule has 0 heterocycles. The quantitative estimate of drug-likeness (QED) is 0.492. The summed E-state index contributed by atoms with van der Waals surface area (Å²) in [7, 11) is 0. The van der Waals surface area contributed by atoms with Crippen molar-refractivity contribution in [3.8, 4) is 5.75 Å². The summed E-state index contributed by atoms with van der Waals surface area (Å²) in [6.45, 7) is 0. The molecule has 1 aromatic rings. The Hall–Kier alpha value is -0.880. The number of hydrogen-bond donors (Lipinski definition) is 1. The normalized spacial score (nSPS) is 10.1. The van der Waals surface area contributed by atoms with E-state index in [9.17, 15) is 15.2 Å². The third-order valence-electron chi connectivity index (χ3n) is 1.68. The van der Waals surface area contributed by atoms with Crippen LogP contribution in [0.15, 0.2) is 21.9 Å². The third kappa shape index (κ3) is 2.13. The minimum atomic E-state index is -0.490. The van der Waals surface area contributed by atoms with E-state index in [-0.39, 0.29) is 11.4 Å². The maximum atomic E-state index is 10.6. The Morgan fingerprint density at radius 2 is 1.86 bits per heavy atom. The van der Waals surface area contributed by atoms with E-state index < -0.39 is 4.92 Å². The number of aromatic hydroxyl groups is 1. The average molecular weight is 231 g/mol. The van der Waals surface area contributed by atoms with Crippen LogP contribution < -0.4 is 0 Å². The molecule has 0 spiro atoms. The minimum Gasteiger partial charge on any atom is -0.507 e. The van der Waals surface area contributed by atoms with E-state index in [1.807, 2.05) is 6.26 Å². The molecule has 0 aromatic heterocycles. The van der Waals surface area contributed by atoms with Crippen molar-refractivity contribution in [3.05, 3.63) is 22.2 Å². The van der Waals surface area contributed by atoms with Crippen LogP contribution in [0.5, 0.6) is 5.75 Å². The Balaban J connectivity index is 3.31. The summed E-state index contributed by atoms with van der Waals surface area (Å²) in [6, 6.07) is 2.82. The highest BCUT2D eigenvalue weighted by Crippen LogP contribution is 2.37. The highest BCUT2D eigenvalue weighted by molar-refractivity contribution is 7.99. The minimum absolute atomic E-state index is 0.0398. The van der Waals surface area contributed by atoms with E-state index in [4.69, 9.17) is 0 Å². The topological polar surface area (TPSA) is 63.4 Å². The van der Waals surface area contributed by atoms with E-state index >= 15 is 0 Å². The molecule has 0 saturated carbocycles. The largest absolute Gasteiger partial charge is 0.507 e. The number of benzene rings is 1. The summed E-state index contributed by atoms with van der Waals surface area (Å²) in [4.78, 5) is 11.3. The summed E-state index contributed by atoms with van der Waals surface area (Å²) in [5.41, 5.74) is -0.0483. The summed E-state index contributed by atoms with van der Waals surface area (Å²) in [5, 5.41) is 20.0. The first-order chi connectivity index (χ1) is 6.60. The molecule has 1 aromatic carbocycles. The van der Waals surface area contributed by atoms with Crippen LogP contribution >= 0.6 is 23.5 Å². The summed E-state index contributed by atoms with van der Waals surface area (Å²) >= 11 is 2.66. The number of phenolic OH excluding ortho intramolecular Hbond substituents is 1. The van der Waals surface area contributed by atoms with Gasteiger partial charge in [-0.05, 0) is 18.6 Å². The molecule has 6 heteroatoms. The number of rotatable bonds is 3. The van der Waals surface area contributed by atoms with Gasteiger partial charge in [-0.2, -0.15) is 0 Å². The molecule has 76 valence electrons. The van der Waals surface area contributed by atoms with Crippen LogP contribution in [-0.2, 0) is 0 Å². The number of nitro groups is 1. The summed E-state index contributed by atoms with van der Waals surface area (Å²) in [6.07, 6.45) is 3.58. The van der Waals surface area contributed by atoms with Gasteiger partial charge in [0.05, 0.1) is 20.8 Å². The van der Waals surface area contributed by atoms with Gasteiger partial charge in [-0.25, -0.2) is 0 Å². The van der Waals surface area contributed by atoms with Gasteiger partial charge in [0.15, 0.2) is 0 Å². The molecule has 0 aliphatic carbocycles. The average Bonchev–Trinajstić information content (AvgIpc) is 2.17. The van der Waals surface area contributed by atoms with Crippen LogP contribution in [0.3, 0.4) is 0 Å². The lowest BCUT2D eigenvalue weighted by molar-refractivity contribution is -0.387. The molecule has 0 aliphatic rings. The molecular weight excluding hydrogens is 222 g/mol. The van der Waals surface area contributed by atoms with Gasteiger partial charge in [0.1, 0.15) is 5.75 Å². The Morgan fingerprint density at radius 3 is 2.29 bits per heavy atom. The molecule has 0 atom stereocenters. The van der Waals surface area contributed by atoms with Gasteiger partial charge in [0, 0.05) is 0 Å². The second kappa shape index (κ2) is 4.56. The van der Waals surface area contributed by atoms with Crippen molar-refractivity contribution in [3.63, 3.8) is 0 Å². The van der Waals surface area contributed by atoms with Gasteiger partial charge in [-0.15, -0.1) is 23.5 Å². The number of nitrogens with zero attached hydrogens (tertiary/aromatic N) is 1. The van der Waals surface area contributed by atoms with Crippen LogP contribution in [0.2, 0.25) is 0 Å². The van der Waals surface area contributed by atoms with E-state index in [0.717, 1.165) is 0 Å². The Bertz CT molecular complexity index is 368. The first-order valence-corrected chi connectivity index (χ1v) is 6.14. The van der Waals surface area contributed by atoms with Crippen molar-refractivity contribution >= 4 is 29.2 Å². The molecule has 14 heavy (non-hydrogen) atoms. The van der Waals surface area contributed by atoms with Crippen LogP contribution in [0.1, 0.15) is 0 Å². The van der Waals surface area contributed by atoms with Crippen molar-refractivity contribution in [2.24, 2.45) is 0 Å². The molecule has 0 radical (unpaired) electrons. The lowest BCUT2D eigenvalue weighted by Gasteiger charge is -2.04. The van der Waals surface area contributed by atoms with Crippen molar-refractivity contribution < 1.29 is 10.0 Å². The van der Waals surface area contributed by atoms with Crippen molar-refractivity contribution in [1.29, 1.82) is 0 Å². The first kappa shape index (κ1) is 11.2. The predicted molar refractivity (Wildman–Crippen MR) is 58.3 cm³/mol. The second-order valence-electron chi connectivity index (χ2n) is 2.45. The number of nitro benzene ring substituents is 1. The van der Waals surface area contributed by atoms with E-state index in [1.54, 1.807) is 12.3 Å².